The fourth-order valence-electron chi connectivity index (χ4n) is 6.61. The number of allylic oxidation sites excluding steroid dienone is 2. The van der Waals surface area contributed by atoms with Crippen LogP contribution in [0.1, 0.15) is 58.8 Å². The third-order valence-corrected chi connectivity index (χ3v) is 7.93. The second-order valence-electron chi connectivity index (χ2n) is 9.00. The van der Waals surface area contributed by atoms with E-state index in [1.165, 1.54) is 39.2 Å². The largest absolute Gasteiger partial charge is 0.468 e. The van der Waals surface area contributed by atoms with Crippen molar-refractivity contribution in [3.05, 3.63) is 11.8 Å². The molecule has 1 heterocycles. The zero-order valence-corrected chi connectivity index (χ0v) is 15.1. The molecule has 3 fully saturated rings. The molecule has 0 bridgehead atoms. The number of fused-ring (bicyclic) bond motifs is 5. The average molecular weight is 331 g/mol. The van der Waals surface area contributed by atoms with Crippen LogP contribution in [-0.2, 0) is 14.3 Å². The molecule has 0 aromatic rings. The van der Waals surface area contributed by atoms with Crippen molar-refractivity contribution in [3.8, 4) is 0 Å². The third kappa shape index (κ3) is 2.11. The number of amides is 1. The van der Waals surface area contributed by atoms with Crippen molar-refractivity contribution in [3.63, 3.8) is 0 Å². The first-order valence-electron chi connectivity index (χ1n) is 9.48. The van der Waals surface area contributed by atoms with Gasteiger partial charge >= 0.3 is 5.97 Å². The second-order valence-corrected chi connectivity index (χ2v) is 9.00. The first-order chi connectivity index (χ1) is 11.4. The van der Waals surface area contributed by atoms with Crippen molar-refractivity contribution >= 4 is 11.9 Å². The lowest BCUT2D eigenvalue weighted by Crippen LogP contribution is -2.56. The van der Waals surface area contributed by atoms with Gasteiger partial charge < -0.3 is 10.1 Å². The van der Waals surface area contributed by atoms with Crippen molar-refractivity contribution < 1.29 is 14.3 Å². The molecule has 132 valence electrons. The molecule has 0 spiro atoms. The highest BCUT2D eigenvalue weighted by Gasteiger charge is 2.58. The second kappa shape index (κ2) is 5.34. The lowest BCUT2D eigenvalue weighted by atomic mass is 9.49. The number of methoxy groups -OCH3 is 1. The van der Waals surface area contributed by atoms with E-state index in [4.69, 9.17) is 4.74 Å². The molecule has 4 heteroatoms. The van der Waals surface area contributed by atoms with Gasteiger partial charge in [0, 0.05) is 11.1 Å². The predicted molar refractivity (Wildman–Crippen MR) is 90.7 cm³/mol. The Morgan fingerprint density at radius 1 is 1.25 bits per heavy atom. The summed E-state index contributed by atoms with van der Waals surface area (Å²) < 4.78 is 4.89. The van der Waals surface area contributed by atoms with E-state index in [1.54, 1.807) is 0 Å². The monoisotopic (exact) mass is 331 g/mol. The highest BCUT2D eigenvalue weighted by Crippen LogP contribution is 2.63. The Kier molecular flexibility index (Phi) is 3.59. The van der Waals surface area contributed by atoms with Gasteiger partial charge in [0.2, 0.25) is 5.91 Å². The number of rotatable bonds is 1. The summed E-state index contributed by atoms with van der Waals surface area (Å²) in [5.41, 5.74) is 1.48. The number of ether oxygens (including phenoxy) is 1. The Bertz CT molecular complexity index is 612. The number of esters is 1. The molecule has 1 saturated heterocycles. The minimum Gasteiger partial charge on any atom is -0.468 e. The van der Waals surface area contributed by atoms with E-state index in [1.807, 2.05) is 0 Å². The van der Waals surface area contributed by atoms with Crippen LogP contribution in [-0.4, -0.2) is 19.0 Å². The van der Waals surface area contributed by atoms with Crippen LogP contribution in [0.4, 0.5) is 0 Å². The maximum atomic E-state index is 12.3. The van der Waals surface area contributed by atoms with Gasteiger partial charge in [0.05, 0.1) is 7.11 Å². The SMILES string of the molecule is COC(=O)C1C[C@@]2(C)C(=CC[C@@H]3[C@H]2CC[C@]2(C)CCC[C@@H]32)NC1=O. The van der Waals surface area contributed by atoms with E-state index in [2.05, 4.69) is 25.2 Å². The van der Waals surface area contributed by atoms with Crippen LogP contribution >= 0.6 is 0 Å². The summed E-state index contributed by atoms with van der Waals surface area (Å²) in [6.45, 7) is 4.75. The molecular weight excluding hydrogens is 302 g/mol. The van der Waals surface area contributed by atoms with Gasteiger partial charge in [-0.3, -0.25) is 9.59 Å². The van der Waals surface area contributed by atoms with Crippen LogP contribution in [0.15, 0.2) is 11.8 Å². The summed E-state index contributed by atoms with van der Waals surface area (Å²) in [5.74, 6) is 0.838. The van der Waals surface area contributed by atoms with E-state index in [9.17, 15) is 9.59 Å². The Morgan fingerprint density at radius 2 is 2.04 bits per heavy atom. The standard InChI is InChI=1S/C20H29NO3/c1-19-9-4-5-14(19)12-6-7-16-20(2,15(12)8-10-19)11-13(17(22)21-16)18(23)24-3/h7,12-15H,4-6,8-11H2,1-3H3,(H,21,22)/t12-,13?,14-,15+,19-,20+/m0/s1. The number of carbonyl (C=O) groups is 2. The number of carbonyl (C=O) groups excluding carboxylic acids is 2. The minimum atomic E-state index is -0.659. The summed E-state index contributed by atoms with van der Waals surface area (Å²) in [5, 5.41) is 3.05. The van der Waals surface area contributed by atoms with Crippen LogP contribution < -0.4 is 5.32 Å². The molecule has 4 aliphatic rings. The molecule has 4 rings (SSSR count). The predicted octanol–water partition coefficient (Wildman–Crippen LogP) is 3.42. The number of hydrogen-bond donors (Lipinski definition) is 1. The Hall–Kier alpha value is -1.32. The van der Waals surface area contributed by atoms with E-state index < -0.39 is 11.9 Å². The fraction of sp³-hybridized carbons (Fsp3) is 0.800. The first kappa shape index (κ1) is 16.2. The lowest BCUT2D eigenvalue weighted by Gasteiger charge is -2.57. The van der Waals surface area contributed by atoms with Gasteiger partial charge in [-0.25, -0.2) is 0 Å². The van der Waals surface area contributed by atoms with Gasteiger partial charge in [-0.1, -0.05) is 26.3 Å². The van der Waals surface area contributed by atoms with E-state index >= 15 is 0 Å². The molecule has 6 atom stereocenters. The van der Waals surface area contributed by atoms with Gasteiger partial charge in [-0.15, -0.1) is 0 Å². The molecular formula is C20H29NO3. The number of hydrogen-bond acceptors (Lipinski definition) is 3. The van der Waals surface area contributed by atoms with Crippen LogP contribution in [0.3, 0.4) is 0 Å². The Morgan fingerprint density at radius 3 is 2.79 bits per heavy atom. The lowest BCUT2D eigenvalue weighted by molar-refractivity contribution is -0.154. The topological polar surface area (TPSA) is 55.4 Å². The van der Waals surface area contributed by atoms with Crippen LogP contribution in [0.5, 0.6) is 0 Å². The summed E-state index contributed by atoms with van der Waals surface area (Å²) in [4.78, 5) is 24.4. The normalized spacial score (nSPS) is 47.0. The molecule has 0 aromatic heterocycles. The summed E-state index contributed by atoms with van der Waals surface area (Å²) >= 11 is 0. The maximum Gasteiger partial charge on any atom is 0.318 e. The zero-order chi connectivity index (χ0) is 17.1. The van der Waals surface area contributed by atoms with Gasteiger partial charge in [0.1, 0.15) is 5.92 Å². The molecule has 0 radical (unpaired) electrons. The van der Waals surface area contributed by atoms with Gasteiger partial charge in [-0.2, -0.15) is 0 Å². The summed E-state index contributed by atoms with van der Waals surface area (Å²) in [6, 6.07) is 0. The van der Waals surface area contributed by atoms with Crippen molar-refractivity contribution in [2.45, 2.75) is 58.8 Å². The molecule has 1 N–H and O–H groups in total. The van der Waals surface area contributed by atoms with Crippen molar-refractivity contribution in [1.29, 1.82) is 0 Å². The quantitative estimate of drug-likeness (QED) is 0.592. The summed E-state index contributed by atoms with van der Waals surface area (Å²) in [6.07, 6.45) is 10.5. The van der Waals surface area contributed by atoms with Gasteiger partial charge in [0.25, 0.3) is 0 Å². The highest BCUT2D eigenvalue weighted by atomic mass is 16.5. The molecule has 1 amide bonds. The van der Waals surface area contributed by atoms with Crippen molar-refractivity contribution in [2.75, 3.05) is 7.11 Å². The molecule has 3 aliphatic carbocycles. The Balaban J connectivity index is 1.67. The van der Waals surface area contributed by atoms with Crippen LogP contribution in [0.2, 0.25) is 0 Å². The summed E-state index contributed by atoms with van der Waals surface area (Å²) in [7, 11) is 1.37. The fourth-order valence-corrected chi connectivity index (χ4v) is 6.61. The average Bonchev–Trinajstić information content (AvgIpc) is 2.96. The van der Waals surface area contributed by atoms with Gasteiger partial charge in [0.15, 0.2) is 0 Å². The molecule has 0 aromatic carbocycles. The maximum absolute atomic E-state index is 12.3. The zero-order valence-electron chi connectivity index (χ0n) is 15.1. The van der Waals surface area contributed by atoms with Gasteiger partial charge in [-0.05, 0) is 61.7 Å². The molecule has 1 aliphatic heterocycles. The third-order valence-electron chi connectivity index (χ3n) is 7.93. The van der Waals surface area contributed by atoms with E-state index in [-0.39, 0.29) is 11.3 Å². The minimum absolute atomic E-state index is 0.0976. The highest BCUT2D eigenvalue weighted by molar-refractivity contribution is 5.99. The Labute approximate surface area is 144 Å². The van der Waals surface area contributed by atoms with Crippen LogP contribution in [0, 0.1) is 34.5 Å². The van der Waals surface area contributed by atoms with Crippen molar-refractivity contribution in [2.24, 2.45) is 34.5 Å². The smallest absolute Gasteiger partial charge is 0.318 e. The number of nitrogens with one attached hydrogen (secondary N) is 1. The molecule has 24 heavy (non-hydrogen) atoms. The van der Waals surface area contributed by atoms with E-state index in [0.717, 1.165) is 18.0 Å². The molecule has 4 nitrogen and oxygen atoms in total. The molecule has 2 saturated carbocycles. The number of piperidine rings is 1. The first-order valence-corrected chi connectivity index (χ1v) is 9.48. The molecule has 1 unspecified atom stereocenters. The van der Waals surface area contributed by atoms with Crippen LogP contribution in [0.25, 0.3) is 0 Å². The van der Waals surface area contributed by atoms with E-state index in [0.29, 0.717) is 23.7 Å². The van der Waals surface area contributed by atoms with Crippen molar-refractivity contribution in [1.82, 2.24) is 5.32 Å².